The van der Waals surface area contributed by atoms with Crippen LogP contribution in [0.15, 0.2) is 54.6 Å². The zero-order valence-electron chi connectivity index (χ0n) is 13.3. The van der Waals surface area contributed by atoms with Gasteiger partial charge in [0, 0.05) is 19.2 Å². The van der Waals surface area contributed by atoms with E-state index in [9.17, 15) is 9.18 Å². The van der Waals surface area contributed by atoms with Crippen molar-refractivity contribution in [2.45, 2.75) is 19.1 Å². The van der Waals surface area contributed by atoms with Crippen LogP contribution in [0.4, 0.5) is 9.18 Å². The van der Waals surface area contributed by atoms with E-state index in [1.54, 1.807) is 25.1 Å². The van der Waals surface area contributed by atoms with Crippen molar-refractivity contribution in [1.29, 1.82) is 0 Å². The fourth-order valence-electron chi connectivity index (χ4n) is 2.26. The molecule has 0 aliphatic carbocycles. The largest absolute Gasteiger partial charge is 0.372 e. The number of nitrogens with one attached hydrogen (secondary N) is 2. The zero-order valence-corrected chi connectivity index (χ0v) is 13.3. The molecule has 1 atom stereocenters. The van der Waals surface area contributed by atoms with E-state index in [-0.39, 0.29) is 18.4 Å². The van der Waals surface area contributed by atoms with Crippen molar-refractivity contribution in [3.05, 3.63) is 71.5 Å². The molecule has 0 aliphatic heterocycles. The summed E-state index contributed by atoms with van der Waals surface area (Å²) in [7, 11) is 1.50. The molecule has 0 fully saturated rings. The Kier molecular flexibility index (Phi) is 5.71. The number of hydrogen-bond donors (Lipinski definition) is 2. The Morgan fingerprint density at radius 2 is 1.74 bits per heavy atom. The van der Waals surface area contributed by atoms with Crippen molar-refractivity contribution in [1.82, 2.24) is 10.6 Å². The standard InChI is InChI=1S/C18H21FN2O2/c1-18(23-2,15-10-6-7-11-16(15)19)13-21-17(22)20-12-14-8-4-3-5-9-14/h3-11H,12-13H2,1-2H3,(H2,20,21,22). The molecule has 0 saturated carbocycles. The summed E-state index contributed by atoms with van der Waals surface area (Å²) in [4.78, 5) is 11.9. The number of carbonyl (C=O) groups is 1. The van der Waals surface area contributed by atoms with Crippen LogP contribution in [0.3, 0.4) is 0 Å². The summed E-state index contributed by atoms with van der Waals surface area (Å²) in [5, 5.41) is 5.49. The molecule has 0 radical (unpaired) electrons. The van der Waals surface area contributed by atoms with E-state index in [1.165, 1.54) is 13.2 Å². The van der Waals surface area contributed by atoms with Crippen LogP contribution < -0.4 is 10.6 Å². The number of benzene rings is 2. The van der Waals surface area contributed by atoms with Crippen LogP contribution in [-0.2, 0) is 16.9 Å². The first-order valence-electron chi connectivity index (χ1n) is 7.41. The molecule has 0 bridgehead atoms. The second kappa shape index (κ2) is 7.74. The van der Waals surface area contributed by atoms with Crippen LogP contribution >= 0.6 is 0 Å². The fraction of sp³-hybridized carbons (Fsp3) is 0.278. The topological polar surface area (TPSA) is 50.4 Å². The molecule has 122 valence electrons. The van der Waals surface area contributed by atoms with Gasteiger partial charge in [0.15, 0.2) is 0 Å². The zero-order chi connectivity index (χ0) is 16.7. The number of methoxy groups -OCH3 is 1. The number of hydrogen-bond acceptors (Lipinski definition) is 2. The molecule has 2 N–H and O–H groups in total. The lowest BCUT2D eigenvalue weighted by Crippen LogP contribution is -2.44. The van der Waals surface area contributed by atoms with E-state index in [0.717, 1.165) is 5.56 Å². The summed E-state index contributed by atoms with van der Waals surface area (Å²) in [6.07, 6.45) is 0. The summed E-state index contributed by atoms with van der Waals surface area (Å²) in [6, 6.07) is 15.7. The van der Waals surface area contributed by atoms with Gasteiger partial charge in [-0.05, 0) is 18.6 Å². The third-order valence-corrected chi connectivity index (χ3v) is 3.78. The Balaban J connectivity index is 1.92. The Morgan fingerprint density at radius 3 is 2.39 bits per heavy atom. The molecular formula is C18H21FN2O2. The number of carbonyl (C=O) groups excluding carboxylic acids is 1. The van der Waals surface area contributed by atoms with E-state index in [0.29, 0.717) is 12.1 Å². The average Bonchev–Trinajstić information content (AvgIpc) is 2.59. The number of ether oxygens (including phenoxy) is 1. The predicted molar refractivity (Wildman–Crippen MR) is 87.4 cm³/mol. The first-order chi connectivity index (χ1) is 11.0. The van der Waals surface area contributed by atoms with Crippen molar-refractivity contribution in [3.8, 4) is 0 Å². The number of rotatable bonds is 6. The number of amides is 2. The van der Waals surface area contributed by atoms with Gasteiger partial charge in [0.1, 0.15) is 11.4 Å². The molecule has 5 heteroatoms. The minimum absolute atomic E-state index is 0.158. The molecule has 1 unspecified atom stereocenters. The third kappa shape index (κ3) is 4.53. The smallest absolute Gasteiger partial charge is 0.315 e. The van der Waals surface area contributed by atoms with Gasteiger partial charge in [-0.15, -0.1) is 0 Å². The van der Waals surface area contributed by atoms with Crippen molar-refractivity contribution in [2.24, 2.45) is 0 Å². The molecule has 23 heavy (non-hydrogen) atoms. The van der Waals surface area contributed by atoms with Gasteiger partial charge < -0.3 is 15.4 Å². The summed E-state index contributed by atoms with van der Waals surface area (Å²) in [5.41, 5.74) is 0.479. The first kappa shape index (κ1) is 17.0. The molecule has 0 saturated heterocycles. The Bertz CT molecular complexity index is 648. The van der Waals surface area contributed by atoms with Gasteiger partial charge in [0.2, 0.25) is 0 Å². The summed E-state index contributed by atoms with van der Waals surface area (Å²) < 4.78 is 19.4. The highest BCUT2D eigenvalue weighted by atomic mass is 19.1. The Hall–Kier alpha value is -2.40. The minimum Gasteiger partial charge on any atom is -0.372 e. The first-order valence-corrected chi connectivity index (χ1v) is 7.41. The lowest BCUT2D eigenvalue weighted by molar-refractivity contribution is 0.00203. The minimum atomic E-state index is -0.935. The third-order valence-electron chi connectivity index (χ3n) is 3.78. The van der Waals surface area contributed by atoms with Crippen LogP contribution in [0.5, 0.6) is 0 Å². The predicted octanol–water partition coefficient (Wildman–Crippen LogP) is 3.19. The fourth-order valence-corrected chi connectivity index (χ4v) is 2.26. The molecule has 0 spiro atoms. The second-order valence-corrected chi connectivity index (χ2v) is 5.44. The second-order valence-electron chi connectivity index (χ2n) is 5.44. The van der Waals surface area contributed by atoms with Crippen LogP contribution in [0.2, 0.25) is 0 Å². The summed E-state index contributed by atoms with van der Waals surface area (Å²) >= 11 is 0. The monoisotopic (exact) mass is 316 g/mol. The number of urea groups is 1. The van der Waals surface area contributed by atoms with Crippen molar-refractivity contribution in [2.75, 3.05) is 13.7 Å². The maximum absolute atomic E-state index is 14.0. The number of halogens is 1. The lowest BCUT2D eigenvalue weighted by Gasteiger charge is -2.29. The van der Waals surface area contributed by atoms with Crippen LogP contribution in [0.1, 0.15) is 18.1 Å². The molecule has 4 nitrogen and oxygen atoms in total. The van der Waals surface area contributed by atoms with Crippen LogP contribution in [0.25, 0.3) is 0 Å². The SMILES string of the molecule is COC(C)(CNC(=O)NCc1ccccc1)c1ccccc1F. The highest BCUT2D eigenvalue weighted by Crippen LogP contribution is 2.26. The normalized spacial score (nSPS) is 13.2. The van der Waals surface area contributed by atoms with Gasteiger partial charge in [0.25, 0.3) is 0 Å². The highest BCUT2D eigenvalue weighted by molar-refractivity contribution is 5.73. The van der Waals surface area contributed by atoms with E-state index in [4.69, 9.17) is 4.74 Å². The molecule has 0 aliphatic rings. The molecule has 2 aromatic carbocycles. The van der Waals surface area contributed by atoms with Crippen molar-refractivity contribution >= 4 is 6.03 Å². The maximum atomic E-state index is 14.0. The van der Waals surface area contributed by atoms with E-state index >= 15 is 0 Å². The lowest BCUT2D eigenvalue weighted by atomic mass is 9.95. The Morgan fingerprint density at radius 1 is 1.09 bits per heavy atom. The van der Waals surface area contributed by atoms with Crippen molar-refractivity contribution in [3.63, 3.8) is 0 Å². The van der Waals surface area contributed by atoms with Crippen LogP contribution in [0, 0.1) is 5.82 Å². The quantitative estimate of drug-likeness (QED) is 0.860. The van der Waals surface area contributed by atoms with Gasteiger partial charge in [-0.25, -0.2) is 9.18 Å². The Labute approximate surface area is 135 Å². The van der Waals surface area contributed by atoms with E-state index in [2.05, 4.69) is 10.6 Å². The molecule has 0 heterocycles. The van der Waals surface area contributed by atoms with Crippen LogP contribution in [-0.4, -0.2) is 19.7 Å². The molecule has 2 aromatic rings. The molecular weight excluding hydrogens is 295 g/mol. The highest BCUT2D eigenvalue weighted by Gasteiger charge is 2.29. The van der Waals surface area contributed by atoms with Gasteiger partial charge >= 0.3 is 6.03 Å². The molecule has 2 amide bonds. The average molecular weight is 316 g/mol. The summed E-state index contributed by atoms with van der Waals surface area (Å²) in [6.45, 7) is 2.32. The molecule has 0 aromatic heterocycles. The van der Waals surface area contributed by atoms with Gasteiger partial charge in [0.05, 0.1) is 6.54 Å². The van der Waals surface area contributed by atoms with Gasteiger partial charge in [-0.1, -0.05) is 48.5 Å². The maximum Gasteiger partial charge on any atom is 0.315 e. The molecule has 2 rings (SSSR count). The van der Waals surface area contributed by atoms with Gasteiger partial charge in [-0.2, -0.15) is 0 Å². The van der Waals surface area contributed by atoms with Crippen molar-refractivity contribution < 1.29 is 13.9 Å². The van der Waals surface area contributed by atoms with Gasteiger partial charge in [-0.3, -0.25) is 0 Å². The van der Waals surface area contributed by atoms with E-state index < -0.39 is 5.60 Å². The summed E-state index contributed by atoms with van der Waals surface area (Å²) in [5.74, 6) is -0.358. The van der Waals surface area contributed by atoms with E-state index in [1.807, 2.05) is 30.3 Å².